The topological polar surface area (TPSA) is 64.1 Å². The number of carbonyl (C=O) groups excluding carboxylic acids is 1. The van der Waals surface area contributed by atoms with E-state index in [1.807, 2.05) is 0 Å². The average Bonchev–Trinajstić information content (AvgIpc) is 2.54. The standard InChI is InChI=1S/C18H35NO.C6H14.H3N/c1-16(2)12-9-10-13-17(3)19-15-11-7-5-6-8-14-18(4)20;1-4-5-6(2)3;/h16,19H,3,5-15H2,1-2,4H3;6H,4-5H2,1-3H3;1H3. The molecule has 0 aromatic carbocycles. The molecule has 0 atom stereocenters. The number of hydrogen-bond acceptors (Lipinski definition) is 3. The lowest BCUT2D eigenvalue weighted by molar-refractivity contribution is -0.117. The highest BCUT2D eigenvalue weighted by Gasteiger charge is 1.98. The van der Waals surface area contributed by atoms with Crippen LogP contribution in [0.5, 0.6) is 0 Å². The molecule has 3 nitrogen and oxygen atoms in total. The summed E-state index contributed by atoms with van der Waals surface area (Å²) >= 11 is 0. The van der Waals surface area contributed by atoms with Crippen LogP contribution in [0.2, 0.25) is 0 Å². The largest absolute Gasteiger partial charge is 0.389 e. The zero-order valence-electron chi connectivity index (χ0n) is 19.7. The van der Waals surface area contributed by atoms with E-state index in [2.05, 4.69) is 46.5 Å². The normalized spacial score (nSPS) is 10.2. The fourth-order valence-corrected chi connectivity index (χ4v) is 2.85. The first-order valence-corrected chi connectivity index (χ1v) is 11.2. The molecule has 0 bridgehead atoms. The first-order valence-electron chi connectivity index (χ1n) is 11.2. The molecule has 0 spiro atoms. The molecule has 0 aromatic heterocycles. The minimum atomic E-state index is 0. The molecule has 27 heavy (non-hydrogen) atoms. The summed E-state index contributed by atoms with van der Waals surface area (Å²) in [5, 5.41) is 3.43. The summed E-state index contributed by atoms with van der Waals surface area (Å²) in [5.41, 5.74) is 1.20. The molecule has 0 saturated carbocycles. The summed E-state index contributed by atoms with van der Waals surface area (Å²) in [7, 11) is 0. The maximum Gasteiger partial charge on any atom is 0.129 e. The van der Waals surface area contributed by atoms with Crippen LogP contribution >= 0.6 is 0 Å². The minimum absolute atomic E-state index is 0. The Labute approximate surface area is 171 Å². The molecule has 0 unspecified atom stereocenters. The molecule has 0 aromatic rings. The molecular formula is C24H52N2O. The van der Waals surface area contributed by atoms with E-state index in [-0.39, 0.29) is 6.15 Å². The van der Waals surface area contributed by atoms with Crippen LogP contribution in [0.4, 0.5) is 0 Å². The first kappa shape index (κ1) is 30.9. The van der Waals surface area contributed by atoms with E-state index in [0.29, 0.717) is 5.78 Å². The number of carbonyl (C=O) groups is 1. The van der Waals surface area contributed by atoms with Crippen molar-refractivity contribution in [3.05, 3.63) is 12.3 Å². The Morgan fingerprint density at radius 3 is 1.81 bits per heavy atom. The Kier molecular flexibility index (Phi) is 26.5. The predicted octanol–water partition coefficient (Wildman–Crippen LogP) is 7.84. The van der Waals surface area contributed by atoms with Crippen molar-refractivity contribution in [1.29, 1.82) is 0 Å². The van der Waals surface area contributed by atoms with Gasteiger partial charge in [0, 0.05) is 18.7 Å². The molecule has 0 aliphatic rings. The summed E-state index contributed by atoms with van der Waals surface area (Å²) in [6.45, 7) is 18.1. The molecule has 0 aliphatic carbocycles. The summed E-state index contributed by atoms with van der Waals surface area (Å²) < 4.78 is 0. The van der Waals surface area contributed by atoms with Crippen molar-refractivity contribution in [2.24, 2.45) is 11.8 Å². The predicted molar refractivity (Wildman–Crippen MR) is 124 cm³/mol. The lowest BCUT2D eigenvalue weighted by Crippen LogP contribution is -2.13. The highest BCUT2D eigenvalue weighted by molar-refractivity contribution is 5.75. The van der Waals surface area contributed by atoms with Crippen molar-refractivity contribution in [2.45, 2.75) is 119 Å². The zero-order chi connectivity index (χ0) is 20.2. The summed E-state index contributed by atoms with van der Waals surface area (Å²) in [4.78, 5) is 10.8. The van der Waals surface area contributed by atoms with Gasteiger partial charge < -0.3 is 16.3 Å². The van der Waals surface area contributed by atoms with Gasteiger partial charge in [-0.25, -0.2) is 0 Å². The Balaban J connectivity index is -0.000000709. The second-order valence-electron chi connectivity index (χ2n) is 8.57. The second kappa shape index (κ2) is 23.2. The number of nitrogens with one attached hydrogen (secondary N) is 1. The average molecular weight is 385 g/mol. The number of rotatable bonds is 16. The van der Waals surface area contributed by atoms with E-state index in [4.69, 9.17) is 0 Å². The number of Topliss-reactive ketones (excluding diaryl/α,β-unsaturated/α-hetero) is 1. The van der Waals surface area contributed by atoms with Gasteiger partial charge in [-0.2, -0.15) is 0 Å². The summed E-state index contributed by atoms with van der Waals surface area (Å²) in [6, 6.07) is 0. The van der Waals surface area contributed by atoms with Crippen LogP contribution in [0, 0.1) is 11.8 Å². The van der Waals surface area contributed by atoms with E-state index in [9.17, 15) is 4.79 Å². The highest BCUT2D eigenvalue weighted by Crippen LogP contribution is 2.11. The first-order chi connectivity index (χ1) is 12.3. The van der Waals surface area contributed by atoms with Crippen LogP contribution in [0.15, 0.2) is 12.3 Å². The molecule has 3 heteroatoms. The van der Waals surface area contributed by atoms with Gasteiger partial charge in [0.25, 0.3) is 0 Å². The van der Waals surface area contributed by atoms with Gasteiger partial charge in [0.2, 0.25) is 0 Å². The maximum absolute atomic E-state index is 10.8. The molecule has 0 saturated heterocycles. The van der Waals surface area contributed by atoms with Crippen LogP contribution in [-0.4, -0.2) is 12.3 Å². The third kappa shape index (κ3) is 33.2. The van der Waals surface area contributed by atoms with Gasteiger partial charge in [-0.15, -0.1) is 0 Å². The van der Waals surface area contributed by atoms with E-state index < -0.39 is 0 Å². The van der Waals surface area contributed by atoms with Gasteiger partial charge in [0.15, 0.2) is 0 Å². The number of unbranched alkanes of at least 4 members (excludes halogenated alkanes) is 5. The van der Waals surface area contributed by atoms with E-state index >= 15 is 0 Å². The van der Waals surface area contributed by atoms with Crippen LogP contribution in [0.3, 0.4) is 0 Å². The highest BCUT2D eigenvalue weighted by atomic mass is 16.1. The van der Waals surface area contributed by atoms with Crippen molar-refractivity contribution < 1.29 is 4.79 Å². The third-order valence-corrected chi connectivity index (χ3v) is 4.46. The molecule has 4 N–H and O–H groups in total. The molecule has 0 fully saturated rings. The second-order valence-corrected chi connectivity index (χ2v) is 8.57. The summed E-state index contributed by atoms with van der Waals surface area (Å²) in [5.74, 6) is 2.04. The van der Waals surface area contributed by atoms with Gasteiger partial charge in [-0.05, 0) is 44.4 Å². The van der Waals surface area contributed by atoms with Gasteiger partial charge in [0.1, 0.15) is 5.78 Å². The van der Waals surface area contributed by atoms with Gasteiger partial charge >= 0.3 is 0 Å². The lowest BCUT2D eigenvalue weighted by atomic mass is 10.0. The molecule has 0 rings (SSSR count). The fourth-order valence-electron chi connectivity index (χ4n) is 2.85. The van der Waals surface area contributed by atoms with Crippen molar-refractivity contribution in [2.75, 3.05) is 6.54 Å². The van der Waals surface area contributed by atoms with Crippen molar-refractivity contribution in [1.82, 2.24) is 11.5 Å². The maximum atomic E-state index is 10.8. The molecular weight excluding hydrogens is 332 g/mol. The SMILES string of the molecule is C=C(CCCCC(C)C)NCCCCCCCC(C)=O.CCCC(C)C.N. The molecule has 0 heterocycles. The van der Waals surface area contributed by atoms with Gasteiger partial charge in [-0.1, -0.05) is 86.1 Å². The molecule has 164 valence electrons. The Morgan fingerprint density at radius 2 is 1.33 bits per heavy atom. The van der Waals surface area contributed by atoms with Gasteiger partial charge in [0.05, 0.1) is 0 Å². The van der Waals surface area contributed by atoms with Crippen molar-refractivity contribution in [3.8, 4) is 0 Å². The third-order valence-electron chi connectivity index (χ3n) is 4.46. The monoisotopic (exact) mass is 384 g/mol. The minimum Gasteiger partial charge on any atom is -0.389 e. The van der Waals surface area contributed by atoms with Crippen LogP contribution < -0.4 is 11.5 Å². The van der Waals surface area contributed by atoms with Crippen LogP contribution in [0.1, 0.15) is 119 Å². The molecule has 0 radical (unpaired) electrons. The number of ketones is 1. The van der Waals surface area contributed by atoms with Gasteiger partial charge in [-0.3, -0.25) is 0 Å². The van der Waals surface area contributed by atoms with Crippen LogP contribution in [-0.2, 0) is 4.79 Å². The number of allylic oxidation sites excluding steroid dienone is 1. The Bertz CT molecular complexity index is 324. The van der Waals surface area contributed by atoms with E-state index in [0.717, 1.165) is 37.6 Å². The van der Waals surface area contributed by atoms with E-state index in [1.165, 1.54) is 63.5 Å². The molecule has 0 amide bonds. The van der Waals surface area contributed by atoms with E-state index in [1.54, 1.807) is 6.92 Å². The quantitative estimate of drug-likeness (QED) is 0.266. The Morgan fingerprint density at radius 1 is 0.815 bits per heavy atom. The molecule has 0 aliphatic heterocycles. The summed E-state index contributed by atoms with van der Waals surface area (Å²) in [6.07, 6.45) is 14.4. The fraction of sp³-hybridized carbons (Fsp3) is 0.875. The Hall–Kier alpha value is -0.830. The smallest absolute Gasteiger partial charge is 0.129 e. The zero-order valence-corrected chi connectivity index (χ0v) is 19.7. The number of hydrogen-bond donors (Lipinski definition) is 2. The van der Waals surface area contributed by atoms with Crippen molar-refractivity contribution >= 4 is 5.78 Å². The lowest BCUT2D eigenvalue weighted by Gasteiger charge is -2.10. The van der Waals surface area contributed by atoms with Crippen molar-refractivity contribution in [3.63, 3.8) is 0 Å². The van der Waals surface area contributed by atoms with Crippen LogP contribution in [0.25, 0.3) is 0 Å².